The lowest BCUT2D eigenvalue weighted by atomic mass is 9.93. The van der Waals surface area contributed by atoms with E-state index in [-0.39, 0.29) is 31.6 Å². The van der Waals surface area contributed by atoms with E-state index in [0.717, 1.165) is 4.31 Å². The Kier molecular flexibility index (Phi) is 6.04. The quantitative estimate of drug-likeness (QED) is 0.380. The monoisotopic (exact) mass is 422 g/mol. The number of benzene rings is 1. The lowest BCUT2D eigenvalue weighted by Crippen LogP contribution is -2.45. The summed E-state index contributed by atoms with van der Waals surface area (Å²) in [6.07, 6.45) is 0.466. The molecule has 0 aliphatic carbocycles. The number of nitrogens with zero attached hydrogens (tertiary/aromatic N) is 2. The van der Waals surface area contributed by atoms with Crippen LogP contribution in [0.1, 0.15) is 12.8 Å². The van der Waals surface area contributed by atoms with Crippen molar-refractivity contribution in [2.75, 3.05) is 13.1 Å². The van der Waals surface area contributed by atoms with Gasteiger partial charge in [-0.2, -0.15) is 12.7 Å². The molecular formula is C13H16BrFN4O4S. The van der Waals surface area contributed by atoms with E-state index in [4.69, 9.17) is 10.3 Å². The Morgan fingerprint density at radius 2 is 2.04 bits per heavy atom. The van der Waals surface area contributed by atoms with E-state index < -0.39 is 33.6 Å². The number of nitrogens with two attached hydrogens (primary N) is 1. The molecule has 4 N–H and O–H groups in total. The van der Waals surface area contributed by atoms with E-state index in [9.17, 15) is 17.6 Å². The lowest BCUT2D eigenvalue weighted by molar-refractivity contribution is -0.118. The van der Waals surface area contributed by atoms with Crippen LogP contribution < -0.4 is 10.6 Å². The van der Waals surface area contributed by atoms with Gasteiger partial charge in [0.1, 0.15) is 11.5 Å². The number of Topliss-reactive ketones (excluding diaryl/α,β-unsaturated/α-hetero) is 1. The zero-order valence-corrected chi connectivity index (χ0v) is 14.8. The molecule has 2 rings (SSSR count). The molecule has 1 aromatic rings. The van der Waals surface area contributed by atoms with Gasteiger partial charge in [0.25, 0.3) is 10.2 Å². The molecule has 8 nitrogen and oxygen atoms in total. The van der Waals surface area contributed by atoms with Crippen molar-refractivity contribution in [1.29, 1.82) is 0 Å². The molecule has 1 aromatic carbocycles. The van der Waals surface area contributed by atoms with Crippen LogP contribution in [-0.4, -0.2) is 42.6 Å². The summed E-state index contributed by atoms with van der Waals surface area (Å²) in [7, 11) is -3.79. The first-order valence-corrected chi connectivity index (χ1v) is 9.28. The molecule has 0 radical (unpaired) electrons. The number of amidine groups is 1. The van der Waals surface area contributed by atoms with Gasteiger partial charge < -0.3 is 0 Å². The van der Waals surface area contributed by atoms with Gasteiger partial charge in [0.05, 0.1) is 0 Å². The van der Waals surface area contributed by atoms with Gasteiger partial charge in [-0.1, -0.05) is 15.9 Å². The Morgan fingerprint density at radius 3 is 2.58 bits per heavy atom. The maximum absolute atomic E-state index is 13.7. The summed E-state index contributed by atoms with van der Waals surface area (Å²) in [5.74, 6) is -2.12. The molecule has 0 bridgehead atoms. The van der Waals surface area contributed by atoms with Crippen molar-refractivity contribution >= 4 is 43.4 Å². The topological polar surface area (TPSA) is 125 Å². The summed E-state index contributed by atoms with van der Waals surface area (Å²) in [6, 6.07) is 4.02. The summed E-state index contributed by atoms with van der Waals surface area (Å²) in [6.45, 7) is 0.193. The van der Waals surface area contributed by atoms with Gasteiger partial charge in [0.15, 0.2) is 5.84 Å². The minimum atomic E-state index is -3.79. The zero-order chi connectivity index (χ0) is 17.9. The zero-order valence-electron chi connectivity index (χ0n) is 12.4. The van der Waals surface area contributed by atoms with E-state index in [2.05, 4.69) is 20.9 Å². The number of piperidine rings is 1. The standard InChI is InChI=1S/C13H16BrFN4O4S/c14-9-1-2-10(15)11(7-9)17-13(18-21)12(20)8-3-5-19(6-4-8)24(16,22)23/h1-2,7-8,21H,3-6H2,(H,17,18)(H2,16,22,23). The highest BCUT2D eigenvalue weighted by molar-refractivity contribution is 9.10. The number of hydroxylamine groups is 1. The second kappa shape index (κ2) is 7.66. The number of nitrogens with one attached hydrogen (secondary N) is 1. The summed E-state index contributed by atoms with van der Waals surface area (Å²) < 4.78 is 37.9. The molecule has 0 amide bonds. The average Bonchev–Trinajstić information content (AvgIpc) is 2.54. The van der Waals surface area contributed by atoms with Gasteiger partial charge in [0.2, 0.25) is 5.78 Å². The van der Waals surface area contributed by atoms with E-state index in [0.29, 0.717) is 4.47 Å². The van der Waals surface area contributed by atoms with Crippen LogP contribution in [0.25, 0.3) is 0 Å². The maximum atomic E-state index is 13.7. The third-order valence-electron chi connectivity index (χ3n) is 3.66. The minimum absolute atomic E-state index is 0.0964. The predicted molar refractivity (Wildman–Crippen MR) is 88.5 cm³/mol. The third-order valence-corrected chi connectivity index (χ3v) is 5.24. The maximum Gasteiger partial charge on any atom is 0.276 e. The van der Waals surface area contributed by atoms with Crippen LogP contribution in [-0.2, 0) is 15.0 Å². The molecule has 11 heteroatoms. The van der Waals surface area contributed by atoms with Crippen molar-refractivity contribution < 1.29 is 22.8 Å². The number of halogens is 2. The smallest absolute Gasteiger partial charge is 0.276 e. The first-order valence-electron chi connectivity index (χ1n) is 6.98. The molecule has 24 heavy (non-hydrogen) atoms. The van der Waals surface area contributed by atoms with Crippen LogP contribution in [0.2, 0.25) is 0 Å². The Hall–Kier alpha value is -1.40. The highest BCUT2D eigenvalue weighted by atomic mass is 79.9. The van der Waals surface area contributed by atoms with Crippen LogP contribution in [0, 0.1) is 11.7 Å². The Bertz CT molecular complexity index is 763. The molecule has 1 aliphatic rings. The summed E-state index contributed by atoms with van der Waals surface area (Å²) in [4.78, 5) is 16.2. The van der Waals surface area contributed by atoms with Crippen molar-refractivity contribution in [2.45, 2.75) is 12.8 Å². The number of carbonyl (C=O) groups excluding carboxylic acids is 1. The summed E-state index contributed by atoms with van der Waals surface area (Å²) >= 11 is 3.17. The lowest BCUT2D eigenvalue weighted by Gasteiger charge is -2.28. The molecule has 132 valence electrons. The fourth-order valence-electron chi connectivity index (χ4n) is 2.39. The van der Waals surface area contributed by atoms with Gasteiger partial charge in [-0.25, -0.2) is 20.0 Å². The van der Waals surface area contributed by atoms with Gasteiger partial charge >= 0.3 is 0 Å². The van der Waals surface area contributed by atoms with Gasteiger partial charge in [-0.3, -0.25) is 10.0 Å². The van der Waals surface area contributed by atoms with Crippen molar-refractivity contribution in [3.63, 3.8) is 0 Å². The number of aliphatic imine (C=N–C) groups is 1. The second-order valence-corrected chi connectivity index (χ2v) is 7.71. The van der Waals surface area contributed by atoms with Gasteiger partial charge in [-0.15, -0.1) is 0 Å². The molecule has 1 heterocycles. The van der Waals surface area contributed by atoms with Crippen molar-refractivity contribution in [1.82, 2.24) is 9.79 Å². The molecule has 1 saturated heterocycles. The van der Waals surface area contributed by atoms with Crippen molar-refractivity contribution in [2.24, 2.45) is 16.0 Å². The second-order valence-electron chi connectivity index (χ2n) is 5.25. The van der Waals surface area contributed by atoms with Crippen molar-refractivity contribution in [3.05, 3.63) is 28.5 Å². The van der Waals surface area contributed by atoms with Crippen molar-refractivity contribution in [3.8, 4) is 0 Å². The molecule has 0 atom stereocenters. The number of hydrogen-bond acceptors (Lipinski definition) is 5. The van der Waals surface area contributed by atoms with Gasteiger partial charge in [-0.05, 0) is 31.0 Å². The first kappa shape index (κ1) is 18.9. The fraction of sp³-hybridized carbons (Fsp3) is 0.385. The van der Waals surface area contributed by atoms with E-state index in [1.807, 2.05) is 0 Å². The van der Waals surface area contributed by atoms with E-state index in [1.54, 1.807) is 5.48 Å². The molecule has 1 aliphatic heterocycles. The molecule has 0 unspecified atom stereocenters. The Balaban J connectivity index is 2.15. The van der Waals surface area contributed by atoms with Gasteiger partial charge in [0, 0.05) is 23.5 Å². The average molecular weight is 423 g/mol. The summed E-state index contributed by atoms with van der Waals surface area (Å²) in [5, 5.41) is 14.2. The molecular weight excluding hydrogens is 407 g/mol. The minimum Gasteiger partial charge on any atom is -0.290 e. The molecule has 0 spiro atoms. The number of carbonyl (C=O) groups is 1. The number of hydrogen-bond donors (Lipinski definition) is 3. The summed E-state index contributed by atoms with van der Waals surface area (Å²) in [5.41, 5.74) is 1.58. The van der Waals surface area contributed by atoms with E-state index >= 15 is 0 Å². The Morgan fingerprint density at radius 1 is 1.42 bits per heavy atom. The third kappa shape index (κ3) is 4.57. The highest BCUT2D eigenvalue weighted by Gasteiger charge is 2.31. The number of rotatable bonds is 4. The van der Waals surface area contributed by atoms with Crippen LogP contribution in [0.3, 0.4) is 0 Å². The SMILES string of the molecule is NS(=O)(=O)N1CCC(C(=O)C(=Nc2cc(Br)ccc2F)NO)CC1. The normalized spacial score (nSPS) is 17.8. The van der Waals surface area contributed by atoms with Crippen LogP contribution in [0.4, 0.5) is 10.1 Å². The Labute approximate surface area is 146 Å². The predicted octanol–water partition coefficient (Wildman–Crippen LogP) is 1.08. The van der Waals surface area contributed by atoms with Crippen LogP contribution in [0.5, 0.6) is 0 Å². The first-order chi connectivity index (χ1) is 11.2. The molecule has 0 aromatic heterocycles. The molecule has 0 saturated carbocycles. The fourth-order valence-corrected chi connectivity index (χ4v) is 3.46. The number of ketones is 1. The highest BCUT2D eigenvalue weighted by Crippen LogP contribution is 2.24. The largest absolute Gasteiger partial charge is 0.290 e. The van der Waals surface area contributed by atoms with Crippen LogP contribution in [0.15, 0.2) is 27.7 Å². The molecule has 1 fully saturated rings. The van der Waals surface area contributed by atoms with Crippen LogP contribution >= 0.6 is 15.9 Å². The van der Waals surface area contributed by atoms with E-state index in [1.165, 1.54) is 18.2 Å².